The topological polar surface area (TPSA) is 80.9 Å². The number of rotatable bonds is 5. The third-order valence-electron chi connectivity index (χ3n) is 6.49. The molecule has 5 unspecified atom stereocenters. The molecule has 2 aliphatic rings. The minimum atomic E-state index is -0.245. The van der Waals surface area contributed by atoms with E-state index in [0.717, 1.165) is 27.6 Å². The molecule has 0 aliphatic heterocycles. The van der Waals surface area contributed by atoms with E-state index >= 15 is 0 Å². The SMILES string of the molecule is Cc1sc2nc(SC(C)C(=O)NC(C)C3CC4CCC3C4)nc(N)c2c1C. The van der Waals surface area contributed by atoms with Crippen molar-refractivity contribution in [1.29, 1.82) is 0 Å². The number of aromatic nitrogens is 2. The fourth-order valence-electron chi connectivity index (χ4n) is 4.88. The summed E-state index contributed by atoms with van der Waals surface area (Å²) in [6.07, 6.45) is 5.37. The fourth-order valence-corrected chi connectivity index (χ4v) is 6.76. The van der Waals surface area contributed by atoms with Crippen molar-refractivity contribution >= 4 is 45.0 Å². The Hall–Kier alpha value is -1.34. The number of nitrogens with zero attached hydrogens (tertiary/aromatic N) is 2. The maximum atomic E-state index is 12.7. The fraction of sp³-hybridized carbons (Fsp3) is 0.650. The van der Waals surface area contributed by atoms with Gasteiger partial charge in [0, 0.05) is 10.9 Å². The van der Waals surface area contributed by atoms with Crippen LogP contribution in [0.1, 0.15) is 50.0 Å². The summed E-state index contributed by atoms with van der Waals surface area (Å²) in [5, 5.41) is 4.53. The molecule has 146 valence electrons. The molecule has 0 spiro atoms. The van der Waals surface area contributed by atoms with Gasteiger partial charge in [0.2, 0.25) is 5.91 Å². The molecule has 0 radical (unpaired) electrons. The first-order valence-electron chi connectivity index (χ1n) is 9.83. The molecule has 2 saturated carbocycles. The van der Waals surface area contributed by atoms with Gasteiger partial charge in [0.25, 0.3) is 0 Å². The molecule has 1 amide bonds. The van der Waals surface area contributed by atoms with Crippen LogP contribution in [0.5, 0.6) is 0 Å². The number of fused-ring (bicyclic) bond motifs is 3. The third-order valence-corrected chi connectivity index (χ3v) is 8.55. The number of nitrogen functional groups attached to an aromatic ring is 1. The number of nitrogens with two attached hydrogens (primary N) is 1. The number of carbonyl (C=O) groups is 1. The monoisotopic (exact) mass is 404 g/mol. The number of amides is 1. The van der Waals surface area contributed by atoms with Crippen molar-refractivity contribution in [1.82, 2.24) is 15.3 Å². The van der Waals surface area contributed by atoms with E-state index in [4.69, 9.17) is 5.73 Å². The number of nitrogens with one attached hydrogen (secondary N) is 1. The summed E-state index contributed by atoms with van der Waals surface area (Å²) in [5.74, 6) is 2.92. The molecule has 4 rings (SSSR count). The molecule has 2 heterocycles. The molecule has 3 N–H and O–H groups in total. The number of thioether (sulfide) groups is 1. The molecule has 0 aromatic carbocycles. The highest BCUT2D eigenvalue weighted by molar-refractivity contribution is 8.00. The Morgan fingerprint density at radius 2 is 2.04 bits per heavy atom. The van der Waals surface area contributed by atoms with Crippen LogP contribution in [0, 0.1) is 31.6 Å². The molecule has 5 atom stereocenters. The molecular formula is C20H28N4OS2. The lowest BCUT2D eigenvalue weighted by atomic mass is 9.84. The highest BCUT2D eigenvalue weighted by Gasteiger charge is 2.42. The van der Waals surface area contributed by atoms with Gasteiger partial charge in [-0.25, -0.2) is 9.97 Å². The van der Waals surface area contributed by atoms with Gasteiger partial charge < -0.3 is 11.1 Å². The van der Waals surface area contributed by atoms with E-state index < -0.39 is 0 Å². The molecule has 2 fully saturated rings. The molecule has 2 aromatic rings. The Morgan fingerprint density at radius 1 is 1.26 bits per heavy atom. The number of anilines is 1. The lowest BCUT2D eigenvalue weighted by Gasteiger charge is -2.29. The van der Waals surface area contributed by atoms with Crippen LogP contribution in [-0.2, 0) is 4.79 Å². The summed E-state index contributed by atoms with van der Waals surface area (Å²) in [6.45, 7) is 8.20. The second kappa shape index (κ2) is 7.24. The Morgan fingerprint density at radius 3 is 2.70 bits per heavy atom. The minimum absolute atomic E-state index is 0.0658. The van der Waals surface area contributed by atoms with Gasteiger partial charge in [0.1, 0.15) is 10.6 Å². The summed E-state index contributed by atoms with van der Waals surface area (Å²) in [5.41, 5.74) is 7.31. The van der Waals surface area contributed by atoms with E-state index in [1.807, 2.05) is 13.8 Å². The zero-order valence-corrected chi connectivity index (χ0v) is 18.0. The predicted molar refractivity (Wildman–Crippen MR) is 113 cm³/mol. The maximum absolute atomic E-state index is 12.7. The number of carbonyl (C=O) groups excluding carboxylic acids is 1. The van der Waals surface area contributed by atoms with Crippen molar-refractivity contribution in [2.45, 2.75) is 69.8 Å². The van der Waals surface area contributed by atoms with E-state index in [-0.39, 0.29) is 17.2 Å². The quantitative estimate of drug-likeness (QED) is 0.573. The van der Waals surface area contributed by atoms with Crippen LogP contribution in [-0.4, -0.2) is 27.2 Å². The molecule has 2 aromatic heterocycles. The van der Waals surface area contributed by atoms with Gasteiger partial charge in [-0.1, -0.05) is 18.2 Å². The van der Waals surface area contributed by atoms with E-state index in [9.17, 15) is 4.79 Å². The van der Waals surface area contributed by atoms with Gasteiger partial charge in [-0.05, 0) is 70.3 Å². The van der Waals surface area contributed by atoms with Crippen LogP contribution in [0.2, 0.25) is 0 Å². The summed E-state index contributed by atoms with van der Waals surface area (Å²) >= 11 is 3.02. The first-order chi connectivity index (χ1) is 12.8. The second-order valence-corrected chi connectivity index (χ2v) is 10.8. The zero-order chi connectivity index (χ0) is 19.3. The highest BCUT2D eigenvalue weighted by Crippen LogP contribution is 2.49. The van der Waals surface area contributed by atoms with Crippen molar-refractivity contribution in [3.63, 3.8) is 0 Å². The Balaban J connectivity index is 1.41. The second-order valence-electron chi connectivity index (χ2n) is 8.25. The number of hydrogen-bond acceptors (Lipinski definition) is 6. The normalized spacial score (nSPS) is 26.4. The van der Waals surface area contributed by atoms with Gasteiger partial charge in [-0.3, -0.25) is 4.79 Å². The maximum Gasteiger partial charge on any atom is 0.233 e. The number of thiophene rings is 1. The van der Waals surface area contributed by atoms with Crippen LogP contribution < -0.4 is 11.1 Å². The van der Waals surface area contributed by atoms with Crippen molar-refractivity contribution in [2.75, 3.05) is 5.73 Å². The number of hydrogen-bond donors (Lipinski definition) is 2. The van der Waals surface area contributed by atoms with Crippen LogP contribution >= 0.6 is 23.1 Å². The largest absolute Gasteiger partial charge is 0.383 e. The lowest BCUT2D eigenvalue weighted by Crippen LogP contribution is -2.43. The first-order valence-corrected chi connectivity index (χ1v) is 11.5. The highest BCUT2D eigenvalue weighted by atomic mass is 32.2. The van der Waals surface area contributed by atoms with Crippen LogP contribution in [0.3, 0.4) is 0 Å². The third kappa shape index (κ3) is 3.56. The van der Waals surface area contributed by atoms with Gasteiger partial charge in [-0.2, -0.15) is 0 Å². The van der Waals surface area contributed by atoms with E-state index in [1.165, 1.54) is 42.3 Å². The average Bonchev–Trinajstić information content (AvgIpc) is 3.30. The van der Waals surface area contributed by atoms with Crippen LogP contribution in [0.4, 0.5) is 5.82 Å². The van der Waals surface area contributed by atoms with Crippen molar-refractivity contribution < 1.29 is 4.79 Å². The van der Waals surface area contributed by atoms with Crippen molar-refractivity contribution in [3.05, 3.63) is 10.4 Å². The Bertz CT molecular complexity index is 880. The summed E-state index contributed by atoms with van der Waals surface area (Å²) in [6, 6.07) is 0.243. The lowest BCUT2D eigenvalue weighted by molar-refractivity contribution is -0.121. The standard InChI is InChI=1S/C20H28N4OS2/c1-9-11(3)26-19-16(9)17(21)23-20(24-19)27-12(4)18(25)22-10(2)15-8-13-5-6-14(15)7-13/h10,12-15H,5-8H2,1-4H3,(H,22,25)(H2,21,23,24). The van der Waals surface area contributed by atoms with Gasteiger partial charge in [0.15, 0.2) is 5.16 Å². The smallest absolute Gasteiger partial charge is 0.233 e. The molecule has 27 heavy (non-hydrogen) atoms. The first kappa shape index (κ1) is 19.0. The molecule has 2 bridgehead atoms. The van der Waals surface area contributed by atoms with Gasteiger partial charge in [-0.15, -0.1) is 11.3 Å². The Kier molecular flexibility index (Phi) is 5.10. The van der Waals surface area contributed by atoms with Gasteiger partial charge in [0.05, 0.1) is 10.6 Å². The molecule has 7 heteroatoms. The summed E-state index contributed by atoms with van der Waals surface area (Å²) in [7, 11) is 0. The predicted octanol–water partition coefficient (Wildman–Crippen LogP) is 4.31. The summed E-state index contributed by atoms with van der Waals surface area (Å²) in [4.78, 5) is 23.9. The summed E-state index contributed by atoms with van der Waals surface area (Å²) < 4.78 is 0. The number of aryl methyl sites for hydroxylation is 2. The van der Waals surface area contributed by atoms with E-state index in [2.05, 4.69) is 29.1 Å². The molecule has 2 aliphatic carbocycles. The van der Waals surface area contributed by atoms with E-state index in [1.54, 1.807) is 11.3 Å². The van der Waals surface area contributed by atoms with E-state index in [0.29, 0.717) is 16.9 Å². The van der Waals surface area contributed by atoms with Crippen molar-refractivity contribution in [2.24, 2.45) is 17.8 Å². The molecular weight excluding hydrogens is 376 g/mol. The minimum Gasteiger partial charge on any atom is -0.383 e. The zero-order valence-electron chi connectivity index (χ0n) is 16.4. The molecule has 0 saturated heterocycles. The Labute approximate surface area is 168 Å². The molecule has 5 nitrogen and oxygen atoms in total. The van der Waals surface area contributed by atoms with Crippen LogP contribution in [0.25, 0.3) is 10.2 Å². The van der Waals surface area contributed by atoms with Gasteiger partial charge >= 0.3 is 0 Å². The average molecular weight is 405 g/mol. The van der Waals surface area contributed by atoms with Crippen molar-refractivity contribution in [3.8, 4) is 0 Å². The van der Waals surface area contributed by atoms with Crippen LogP contribution in [0.15, 0.2) is 5.16 Å².